The Morgan fingerprint density at radius 2 is 1.75 bits per heavy atom. The lowest BCUT2D eigenvalue weighted by Crippen LogP contribution is -2.52. The summed E-state index contributed by atoms with van der Waals surface area (Å²) in [6.45, 7) is 7.14. The predicted molar refractivity (Wildman–Crippen MR) is 92.2 cm³/mol. The Bertz CT molecular complexity index is 623. The third kappa shape index (κ3) is 5.19. The molecule has 1 heterocycles. The lowest BCUT2D eigenvalue weighted by atomic mass is 10.1. The van der Waals surface area contributed by atoms with E-state index in [1.54, 1.807) is 21.9 Å². The number of hydrogen-bond acceptors (Lipinski definition) is 3. The molecule has 1 fully saturated rings. The van der Waals surface area contributed by atoms with Gasteiger partial charge in [0.2, 0.25) is 5.91 Å². The fourth-order valence-electron chi connectivity index (χ4n) is 2.42. The molecule has 0 bridgehead atoms. The molecule has 1 aromatic carbocycles. The van der Waals surface area contributed by atoms with Gasteiger partial charge in [0.05, 0.1) is 6.42 Å². The van der Waals surface area contributed by atoms with Crippen molar-refractivity contribution in [1.29, 1.82) is 0 Å². The molecule has 0 radical (unpaired) electrons. The minimum atomic E-state index is -0.539. The molecule has 0 aliphatic carbocycles. The number of halogens is 2. The zero-order valence-electron chi connectivity index (χ0n) is 14.1. The van der Waals surface area contributed by atoms with Crippen LogP contribution >= 0.6 is 15.9 Å². The lowest BCUT2D eigenvalue weighted by Gasteiger charge is -2.35. The number of carbonyl (C=O) groups is 2. The van der Waals surface area contributed by atoms with Gasteiger partial charge in [-0.1, -0.05) is 15.9 Å². The van der Waals surface area contributed by atoms with Crippen molar-refractivity contribution in [3.8, 4) is 0 Å². The summed E-state index contributed by atoms with van der Waals surface area (Å²) < 4.78 is 19.8. The summed E-state index contributed by atoms with van der Waals surface area (Å²) in [5.41, 5.74) is -0.175. The summed E-state index contributed by atoms with van der Waals surface area (Å²) in [4.78, 5) is 27.6. The molecule has 0 saturated carbocycles. The number of amides is 2. The normalized spacial score (nSPS) is 15.4. The van der Waals surface area contributed by atoms with Crippen LogP contribution in [0.25, 0.3) is 0 Å². The number of ether oxygens (including phenoxy) is 1. The maximum Gasteiger partial charge on any atom is 0.410 e. The molecule has 0 unspecified atom stereocenters. The minimum absolute atomic E-state index is 0.0116. The quantitative estimate of drug-likeness (QED) is 0.765. The van der Waals surface area contributed by atoms with Crippen LogP contribution in [-0.4, -0.2) is 53.6 Å². The average molecular weight is 401 g/mol. The van der Waals surface area contributed by atoms with Gasteiger partial charge in [0, 0.05) is 30.7 Å². The molecule has 1 aromatic rings. The molecule has 7 heteroatoms. The van der Waals surface area contributed by atoms with Gasteiger partial charge in [0.25, 0.3) is 0 Å². The van der Waals surface area contributed by atoms with Crippen molar-refractivity contribution < 1.29 is 18.7 Å². The number of benzene rings is 1. The highest BCUT2D eigenvalue weighted by atomic mass is 79.9. The van der Waals surface area contributed by atoms with Gasteiger partial charge in [-0.3, -0.25) is 4.79 Å². The summed E-state index contributed by atoms with van der Waals surface area (Å²) in [5, 5.41) is 0. The number of piperazine rings is 1. The van der Waals surface area contributed by atoms with E-state index in [0.29, 0.717) is 31.7 Å². The van der Waals surface area contributed by atoms with Gasteiger partial charge in [-0.05, 0) is 44.5 Å². The fourth-order valence-corrected chi connectivity index (χ4v) is 2.83. The Morgan fingerprint density at radius 1 is 1.17 bits per heavy atom. The standard InChI is InChI=1S/C17H22BrFN2O3/c1-17(2,3)24-16(23)21-8-6-20(7-9-21)15(22)11-12-10-13(18)4-5-14(12)19/h4-5,10H,6-9,11H2,1-3H3. The molecule has 2 rings (SSSR count). The van der Waals surface area contributed by atoms with E-state index < -0.39 is 5.60 Å². The average Bonchev–Trinajstić information content (AvgIpc) is 2.49. The van der Waals surface area contributed by atoms with E-state index in [2.05, 4.69) is 15.9 Å². The monoisotopic (exact) mass is 400 g/mol. The molecule has 5 nitrogen and oxygen atoms in total. The van der Waals surface area contributed by atoms with Gasteiger partial charge in [-0.2, -0.15) is 0 Å². The van der Waals surface area contributed by atoms with Crippen molar-refractivity contribution in [1.82, 2.24) is 9.80 Å². The Hall–Kier alpha value is -1.63. The maximum absolute atomic E-state index is 13.8. The number of nitrogens with zero attached hydrogens (tertiary/aromatic N) is 2. The van der Waals surface area contributed by atoms with E-state index in [1.807, 2.05) is 20.8 Å². The van der Waals surface area contributed by atoms with E-state index in [9.17, 15) is 14.0 Å². The van der Waals surface area contributed by atoms with Crippen molar-refractivity contribution in [2.24, 2.45) is 0 Å². The SMILES string of the molecule is CC(C)(C)OC(=O)N1CCN(C(=O)Cc2cc(Br)ccc2F)CC1. The van der Waals surface area contributed by atoms with Gasteiger partial charge < -0.3 is 14.5 Å². The second-order valence-electron chi connectivity index (χ2n) is 6.76. The van der Waals surface area contributed by atoms with Crippen LogP contribution in [0.3, 0.4) is 0 Å². The van der Waals surface area contributed by atoms with Crippen LogP contribution in [-0.2, 0) is 16.0 Å². The molecule has 0 aromatic heterocycles. The van der Waals surface area contributed by atoms with Crippen LogP contribution in [0.4, 0.5) is 9.18 Å². The largest absolute Gasteiger partial charge is 0.444 e. The number of rotatable bonds is 2. The van der Waals surface area contributed by atoms with Gasteiger partial charge >= 0.3 is 6.09 Å². The van der Waals surface area contributed by atoms with E-state index in [1.165, 1.54) is 6.07 Å². The van der Waals surface area contributed by atoms with Crippen molar-refractivity contribution in [2.75, 3.05) is 26.2 Å². The zero-order valence-corrected chi connectivity index (χ0v) is 15.7. The van der Waals surface area contributed by atoms with Gasteiger partial charge in [-0.15, -0.1) is 0 Å². The van der Waals surface area contributed by atoms with Crippen LogP contribution < -0.4 is 0 Å². The molecule has 0 spiro atoms. The van der Waals surface area contributed by atoms with Crippen LogP contribution in [0.15, 0.2) is 22.7 Å². The summed E-state index contributed by atoms with van der Waals surface area (Å²) in [6, 6.07) is 4.56. The predicted octanol–water partition coefficient (Wildman–Crippen LogP) is 3.21. The fraction of sp³-hybridized carbons (Fsp3) is 0.529. The van der Waals surface area contributed by atoms with E-state index in [0.717, 1.165) is 4.47 Å². The van der Waals surface area contributed by atoms with Crippen LogP contribution in [0.5, 0.6) is 0 Å². The molecule has 1 saturated heterocycles. The Morgan fingerprint density at radius 3 is 2.33 bits per heavy atom. The summed E-state index contributed by atoms with van der Waals surface area (Å²) >= 11 is 3.28. The first kappa shape index (κ1) is 18.7. The van der Waals surface area contributed by atoms with Crippen molar-refractivity contribution in [3.05, 3.63) is 34.1 Å². The molecule has 0 N–H and O–H groups in total. The first-order valence-corrected chi connectivity index (χ1v) is 8.64. The topological polar surface area (TPSA) is 49.9 Å². The molecule has 132 valence electrons. The lowest BCUT2D eigenvalue weighted by molar-refractivity contribution is -0.132. The van der Waals surface area contributed by atoms with Gasteiger partial charge in [-0.25, -0.2) is 9.18 Å². The van der Waals surface area contributed by atoms with Crippen LogP contribution in [0, 0.1) is 5.82 Å². The molecule has 0 atom stereocenters. The number of carbonyl (C=O) groups excluding carboxylic acids is 2. The summed E-state index contributed by atoms with van der Waals surface area (Å²) in [6.07, 6.45) is -0.356. The summed E-state index contributed by atoms with van der Waals surface area (Å²) in [7, 11) is 0. The Balaban J connectivity index is 1.89. The van der Waals surface area contributed by atoms with E-state index >= 15 is 0 Å². The van der Waals surface area contributed by atoms with Gasteiger partial charge in [0.1, 0.15) is 11.4 Å². The molecular formula is C17H22BrFN2O3. The van der Waals surface area contributed by atoms with Crippen molar-refractivity contribution >= 4 is 27.9 Å². The highest BCUT2D eigenvalue weighted by Gasteiger charge is 2.27. The molecule has 1 aliphatic rings. The third-order valence-corrected chi connectivity index (χ3v) is 4.13. The molecule has 24 heavy (non-hydrogen) atoms. The molecular weight excluding hydrogens is 379 g/mol. The second-order valence-corrected chi connectivity index (χ2v) is 7.68. The third-order valence-electron chi connectivity index (χ3n) is 3.63. The van der Waals surface area contributed by atoms with E-state index in [4.69, 9.17) is 4.74 Å². The zero-order chi connectivity index (χ0) is 17.9. The maximum atomic E-state index is 13.8. The van der Waals surface area contributed by atoms with Crippen molar-refractivity contribution in [2.45, 2.75) is 32.8 Å². The minimum Gasteiger partial charge on any atom is -0.444 e. The van der Waals surface area contributed by atoms with Crippen LogP contribution in [0.1, 0.15) is 26.3 Å². The van der Waals surface area contributed by atoms with E-state index in [-0.39, 0.29) is 24.2 Å². The molecule has 2 amide bonds. The molecule has 1 aliphatic heterocycles. The van der Waals surface area contributed by atoms with Crippen LogP contribution in [0.2, 0.25) is 0 Å². The van der Waals surface area contributed by atoms with Crippen molar-refractivity contribution in [3.63, 3.8) is 0 Å². The first-order chi connectivity index (χ1) is 11.2. The van der Waals surface area contributed by atoms with Gasteiger partial charge in [0.15, 0.2) is 0 Å². The Labute approximate surface area is 149 Å². The Kier molecular flexibility index (Phi) is 5.85. The smallest absolute Gasteiger partial charge is 0.410 e. The highest BCUT2D eigenvalue weighted by molar-refractivity contribution is 9.10. The first-order valence-electron chi connectivity index (χ1n) is 7.85. The summed E-state index contributed by atoms with van der Waals surface area (Å²) in [5.74, 6) is -0.533. The highest BCUT2D eigenvalue weighted by Crippen LogP contribution is 2.17. The number of hydrogen-bond donors (Lipinski definition) is 0. The second kappa shape index (κ2) is 7.51.